The molecule has 3 saturated carbocycles. The highest BCUT2D eigenvalue weighted by molar-refractivity contribution is 5.19. The summed E-state index contributed by atoms with van der Waals surface area (Å²) in [5, 5.41) is 0. The van der Waals surface area contributed by atoms with Crippen LogP contribution >= 0.6 is 0 Å². The molecular formula is C8H11F3. The Morgan fingerprint density at radius 1 is 1.18 bits per heavy atom. The first-order chi connectivity index (χ1) is 4.93. The van der Waals surface area contributed by atoms with Gasteiger partial charge in [0.05, 0.1) is 5.41 Å². The second-order valence-electron chi connectivity index (χ2n) is 4.16. The van der Waals surface area contributed by atoms with E-state index < -0.39 is 11.6 Å². The van der Waals surface area contributed by atoms with Crippen LogP contribution in [-0.2, 0) is 0 Å². The molecule has 2 bridgehead atoms. The van der Waals surface area contributed by atoms with E-state index in [2.05, 4.69) is 0 Å². The molecule has 0 aromatic heterocycles. The number of alkyl halides is 3. The first-order valence-electron chi connectivity index (χ1n) is 4.00. The third kappa shape index (κ3) is 0.669. The molecule has 0 radical (unpaired) electrons. The number of hydrogen-bond donors (Lipinski definition) is 0. The molecular weight excluding hydrogens is 153 g/mol. The summed E-state index contributed by atoms with van der Waals surface area (Å²) in [6.45, 7) is 1.99. The maximum atomic E-state index is 12.2. The summed E-state index contributed by atoms with van der Waals surface area (Å²) in [6.07, 6.45) is -1.80. The van der Waals surface area contributed by atoms with Crippen LogP contribution in [0.2, 0.25) is 0 Å². The van der Waals surface area contributed by atoms with Crippen molar-refractivity contribution < 1.29 is 13.2 Å². The van der Waals surface area contributed by atoms with E-state index in [0.29, 0.717) is 19.3 Å². The molecule has 0 nitrogen and oxygen atoms in total. The molecule has 0 N–H and O–H groups in total. The molecule has 3 rings (SSSR count). The zero-order valence-electron chi connectivity index (χ0n) is 6.46. The van der Waals surface area contributed by atoms with E-state index in [1.165, 1.54) is 0 Å². The minimum absolute atomic E-state index is 0.107. The minimum atomic E-state index is -3.93. The van der Waals surface area contributed by atoms with E-state index >= 15 is 0 Å². The van der Waals surface area contributed by atoms with Gasteiger partial charge in [-0.3, -0.25) is 0 Å². The lowest BCUT2D eigenvalue weighted by Crippen LogP contribution is -2.67. The maximum Gasteiger partial charge on any atom is 0.394 e. The summed E-state index contributed by atoms with van der Waals surface area (Å²) in [5.74, 6) is 0. The van der Waals surface area contributed by atoms with Crippen LogP contribution in [0.3, 0.4) is 0 Å². The predicted molar refractivity (Wildman–Crippen MR) is 35.1 cm³/mol. The van der Waals surface area contributed by atoms with Crippen LogP contribution in [-0.4, -0.2) is 6.18 Å². The van der Waals surface area contributed by atoms with Crippen LogP contribution in [0.1, 0.15) is 32.6 Å². The molecule has 0 aromatic rings. The van der Waals surface area contributed by atoms with Crippen LogP contribution in [0, 0.1) is 10.8 Å². The Balaban J connectivity index is 2.04. The van der Waals surface area contributed by atoms with Crippen molar-refractivity contribution in [2.24, 2.45) is 10.8 Å². The van der Waals surface area contributed by atoms with Crippen molar-refractivity contribution >= 4 is 0 Å². The van der Waals surface area contributed by atoms with Gasteiger partial charge < -0.3 is 0 Å². The van der Waals surface area contributed by atoms with Gasteiger partial charge in [0.15, 0.2) is 0 Å². The van der Waals surface area contributed by atoms with Crippen LogP contribution in [0.5, 0.6) is 0 Å². The van der Waals surface area contributed by atoms with Crippen molar-refractivity contribution in [3.05, 3.63) is 0 Å². The SMILES string of the molecule is CC[C@]12C[C@@](C(F)(F)F)(C1)C2. The third-order valence-corrected chi connectivity index (χ3v) is 3.49. The largest absolute Gasteiger partial charge is 0.394 e. The first kappa shape index (κ1) is 7.44. The Kier molecular flexibility index (Phi) is 1.08. The summed E-state index contributed by atoms with van der Waals surface area (Å²) in [5.41, 5.74) is -1.13. The molecule has 3 heteroatoms. The average molecular weight is 164 g/mol. The van der Waals surface area contributed by atoms with Crippen LogP contribution in [0.4, 0.5) is 13.2 Å². The van der Waals surface area contributed by atoms with Gasteiger partial charge in [0, 0.05) is 0 Å². The fourth-order valence-electron chi connectivity index (χ4n) is 2.67. The van der Waals surface area contributed by atoms with Gasteiger partial charge in [-0.2, -0.15) is 13.2 Å². The van der Waals surface area contributed by atoms with Crippen LogP contribution < -0.4 is 0 Å². The van der Waals surface area contributed by atoms with Crippen molar-refractivity contribution in [3.63, 3.8) is 0 Å². The van der Waals surface area contributed by atoms with E-state index in [4.69, 9.17) is 0 Å². The predicted octanol–water partition coefficient (Wildman–Crippen LogP) is 3.13. The van der Waals surface area contributed by atoms with Crippen molar-refractivity contribution in [1.29, 1.82) is 0 Å². The minimum Gasteiger partial charge on any atom is -0.171 e. The van der Waals surface area contributed by atoms with Crippen LogP contribution in [0.15, 0.2) is 0 Å². The molecule has 11 heavy (non-hydrogen) atoms. The van der Waals surface area contributed by atoms with Crippen molar-refractivity contribution in [3.8, 4) is 0 Å². The van der Waals surface area contributed by atoms with E-state index in [0.717, 1.165) is 6.42 Å². The second kappa shape index (κ2) is 1.59. The smallest absolute Gasteiger partial charge is 0.171 e. The van der Waals surface area contributed by atoms with Gasteiger partial charge in [0.1, 0.15) is 0 Å². The van der Waals surface area contributed by atoms with Crippen LogP contribution in [0.25, 0.3) is 0 Å². The van der Waals surface area contributed by atoms with Crippen molar-refractivity contribution in [2.75, 3.05) is 0 Å². The highest BCUT2D eigenvalue weighted by Gasteiger charge is 2.77. The summed E-state index contributed by atoms with van der Waals surface area (Å²) >= 11 is 0. The second-order valence-corrected chi connectivity index (χ2v) is 4.16. The maximum absolute atomic E-state index is 12.2. The quantitative estimate of drug-likeness (QED) is 0.558. The molecule has 3 aliphatic rings. The highest BCUT2D eigenvalue weighted by Crippen LogP contribution is 2.79. The zero-order chi connectivity index (χ0) is 8.33. The molecule has 3 aliphatic carbocycles. The Labute approximate surface area is 63.8 Å². The number of hydrogen-bond acceptors (Lipinski definition) is 0. The Hall–Kier alpha value is -0.210. The molecule has 0 atom stereocenters. The summed E-state index contributed by atoms with van der Waals surface area (Å²) in [7, 11) is 0. The molecule has 3 fully saturated rings. The molecule has 64 valence electrons. The Morgan fingerprint density at radius 3 is 1.91 bits per heavy atom. The lowest BCUT2D eigenvalue weighted by Gasteiger charge is -2.70. The lowest BCUT2D eigenvalue weighted by molar-refractivity contribution is -0.363. The molecule has 0 saturated heterocycles. The Morgan fingerprint density at radius 2 is 1.64 bits per heavy atom. The first-order valence-corrected chi connectivity index (χ1v) is 4.00. The molecule has 0 unspecified atom stereocenters. The number of halogens is 3. The fourth-order valence-corrected chi connectivity index (χ4v) is 2.67. The average Bonchev–Trinajstić information content (AvgIpc) is 1.53. The van der Waals surface area contributed by atoms with Gasteiger partial charge >= 0.3 is 6.18 Å². The van der Waals surface area contributed by atoms with Gasteiger partial charge in [-0.15, -0.1) is 0 Å². The topological polar surface area (TPSA) is 0 Å². The molecule has 0 aromatic carbocycles. The van der Waals surface area contributed by atoms with E-state index in [1.807, 2.05) is 6.92 Å². The highest BCUT2D eigenvalue weighted by atomic mass is 19.4. The van der Waals surface area contributed by atoms with Gasteiger partial charge in [-0.1, -0.05) is 13.3 Å². The van der Waals surface area contributed by atoms with Crippen molar-refractivity contribution in [2.45, 2.75) is 38.8 Å². The summed E-state index contributed by atoms with van der Waals surface area (Å²) < 4.78 is 36.7. The molecule has 0 aliphatic heterocycles. The Bertz CT molecular complexity index is 172. The zero-order valence-corrected chi connectivity index (χ0v) is 6.46. The van der Waals surface area contributed by atoms with Crippen molar-refractivity contribution in [1.82, 2.24) is 0 Å². The summed E-state index contributed by atoms with van der Waals surface area (Å²) in [4.78, 5) is 0. The van der Waals surface area contributed by atoms with Gasteiger partial charge in [0.25, 0.3) is 0 Å². The standard InChI is InChI=1S/C8H11F3/c1-2-6-3-7(4-6,5-6)8(9,10)11/h2-5H2,1H3/t6-,7+. The van der Waals surface area contributed by atoms with E-state index in [1.54, 1.807) is 0 Å². The van der Waals surface area contributed by atoms with E-state index in [-0.39, 0.29) is 5.41 Å². The van der Waals surface area contributed by atoms with Gasteiger partial charge in [-0.25, -0.2) is 0 Å². The molecule has 0 amide bonds. The van der Waals surface area contributed by atoms with E-state index in [9.17, 15) is 13.2 Å². The molecule has 0 heterocycles. The monoisotopic (exact) mass is 164 g/mol. The number of rotatable bonds is 1. The van der Waals surface area contributed by atoms with Gasteiger partial charge in [0.2, 0.25) is 0 Å². The van der Waals surface area contributed by atoms with Gasteiger partial charge in [-0.05, 0) is 24.7 Å². The lowest BCUT2D eigenvalue weighted by atomic mass is 9.34. The molecule has 0 spiro atoms. The third-order valence-electron chi connectivity index (χ3n) is 3.49. The normalized spacial score (nSPS) is 48.0. The fraction of sp³-hybridized carbons (Fsp3) is 1.00. The summed E-state index contributed by atoms with van der Waals surface area (Å²) in [6, 6.07) is 0.